The van der Waals surface area contributed by atoms with Crippen molar-refractivity contribution in [1.29, 1.82) is 0 Å². The maximum absolute atomic E-state index is 7.33. The third-order valence-electron chi connectivity index (χ3n) is 0. The summed E-state index contributed by atoms with van der Waals surface area (Å²) in [5.74, 6) is 0. The van der Waals surface area contributed by atoms with Gasteiger partial charge in [-0.2, -0.15) is 0 Å². The minimum Gasteiger partial charge on any atom is -0.368 e. The van der Waals surface area contributed by atoms with E-state index in [1.807, 2.05) is 0 Å². The minimum absolute atomic E-state index is 0. The molecule has 0 saturated heterocycles. The van der Waals surface area contributed by atoms with Crippen molar-refractivity contribution in [2.24, 2.45) is 0 Å². The second-order valence-corrected chi connectivity index (χ2v) is 1.80. The third-order valence-corrected chi connectivity index (χ3v) is 0. The average Bonchev–Trinajstić information content (AvgIpc) is 0.722. The van der Waals surface area contributed by atoms with Gasteiger partial charge in [-0.1, -0.05) is 0 Å². The van der Waals surface area contributed by atoms with E-state index in [0.717, 1.165) is 0 Å². The van der Waals surface area contributed by atoms with Crippen LogP contribution in [0.2, 0.25) is 0 Å². The van der Waals surface area contributed by atoms with Crippen LogP contribution in [0, 0.1) is 0 Å². The smallest absolute Gasteiger partial charge is 0.368 e. The van der Waals surface area contributed by atoms with E-state index >= 15 is 0 Å². The van der Waals surface area contributed by atoms with Crippen LogP contribution in [0.4, 0.5) is 0 Å². The summed E-state index contributed by atoms with van der Waals surface area (Å²) in [6.45, 7) is 0. The van der Waals surface area contributed by atoms with Crippen LogP contribution in [-0.2, 0) is 60.7 Å². The summed E-state index contributed by atoms with van der Waals surface area (Å²) in [5, 5.41) is 0. The van der Waals surface area contributed by atoms with Crippen molar-refractivity contribution in [3.05, 3.63) is 0 Å². The summed E-state index contributed by atoms with van der Waals surface area (Å²) in [7, 11) is -4.61. The Kier molecular flexibility index (Phi) is 25.4. The van der Waals surface area contributed by atoms with E-state index in [1.165, 1.54) is 0 Å². The van der Waals surface area contributed by atoms with Gasteiger partial charge in [0.15, 0.2) is 0 Å². The molecule has 8 heteroatoms. The zero-order valence-electron chi connectivity index (χ0n) is 3.55. The first-order valence-electron chi connectivity index (χ1n) is 0.894. The summed E-state index contributed by atoms with van der Waals surface area (Å²) in [6.07, 6.45) is 0. The predicted molar refractivity (Wildman–Crippen MR) is 14.6 cm³/mol. The molecule has 0 aromatic carbocycles. The van der Waals surface area contributed by atoms with Crippen molar-refractivity contribution in [1.82, 2.24) is 0 Å². The van der Waals surface area contributed by atoms with Crippen LogP contribution in [0.15, 0.2) is 0 Å². The van der Waals surface area contributed by atoms with Gasteiger partial charge < -0.3 is 19.2 Å². The SMILES string of the molecule is O[Si](O)(O)O.[Mo].[V].[W]. The number of hydrogen-bond acceptors (Lipinski definition) is 4. The van der Waals surface area contributed by atoms with Crippen molar-refractivity contribution < 1.29 is 79.9 Å². The quantitative estimate of drug-likeness (QED) is 0.320. The molecule has 0 amide bonds. The molecular formula is H4MoO4SiVW. The molecule has 8 heavy (non-hydrogen) atoms. The van der Waals surface area contributed by atoms with E-state index in [1.54, 1.807) is 0 Å². The van der Waals surface area contributed by atoms with Gasteiger partial charge in [-0.15, -0.1) is 0 Å². The Balaban J connectivity index is -0.0000000267. The van der Waals surface area contributed by atoms with Crippen LogP contribution in [0.25, 0.3) is 0 Å². The first kappa shape index (κ1) is 22.5. The van der Waals surface area contributed by atoms with Gasteiger partial charge in [0.05, 0.1) is 0 Å². The molecule has 0 aliphatic carbocycles. The Morgan fingerprint density at radius 2 is 0.875 bits per heavy atom. The Morgan fingerprint density at radius 1 is 0.875 bits per heavy atom. The van der Waals surface area contributed by atoms with Gasteiger partial charge in [0.2, 0.25) is 0 Å². The van der Waals surface area contributed by atoms with E-state index < -0.39 is 9.05 Å². The molecule has 0 atom stereocenters. The van der Waals surface area contributed by atoms with Gasteiger partial charge in [0, 0.05) is 60.7 Å². The standard InChI is InChI=1S/Mo.H4O4Si.V.W/c;1-5(2,3)4;;/h;1-4H;;. The fourth-order valence-corrected chi connectivity index (χ4v) is 0. The predicted octanol–water partition coefficient (Wildman–Crippen LogP) is -2.62. The molecule has 0 aromatic heterocycles. The summed E-state index contributed by atoms with van der Waals surface area (Å²) in [5.41, 5.74) is 0. The van der Waals surface area contributed by atoms with Crippen LogP contribution < -0.4 is 0 Å². The summed E-state index contributed by atoms with van der Waals surface area (Å²) in [6, 6.07) is 0. The van der Waals surface area contributed by atoms with Gasteiger partial charge in [0.1, 0.15) is 0 Å². The third kappa shape index (κ3) is 97.0. The van der Waals surface area contributed by atoms with E-state index in [-0.39, 0.29) is 60.7 Å². The van der Waals surface area contributed by atoms with E-state index in [0.29, 0.717) is 0 Å². The minimum atomic E-state index is -4.61. The Morgan fingerprint density at radius 3 is 0.875 bits per heavy atom. The van der Waals surface area contributed by atoms with Crippen LogP contribution in [0.5, 0.6) is 0 Å². The van der Waals surface area contributed by atoms with Gasteiger partial charge >= 0.3 is 9.05 Å². The fraction of sp³-hybridized carbons (Fsp3) is 0. The zero-order chi connectivity index (χ0) is 4.50. The molecular weight excluding hydrogens is 423 g/mol. The maximum atomic E-state index is 7.33. The van der Waals surface area contributed by atoms with E-state index in [9.17, 15) is 0 Å². The molecule has 0 aliphatic heterocycles. The van der Waals surface area contributed by atoms with Crippen molar-refractivity contribution in [2.75, 3.05) is 0 Å². The largest absolute Gasteiger partial charge is 0.668 e. The van der Waals surface area contributed by atoms with Crippen molar-refractivity contribution in [3.8, 4) is 0 Å². The van der Waals surface area contributed by atoms with Crippen molar-refractivity contribution in [2.45, 2.75) is 0 Å². The second kappa shape index (κ2) is 9.02. The molecule has 0 bridgehead atoms. The van der Waals surface area contributed by atoms with E-state index in [2.05, 4.69) is 0 Å². The van der Waals surface area contributed by atoms with Gasteiger partial charge in [-0.25, -0.2) is 0 Å². The fourth-order valence-electron chi connectivity index (χ4n) is 0. The number of hydrogen-bond donors (Lipinski definition) is 4. The molecule has 0 aliphatic rings. The number of rotatable bonds is 0. The monoisotopic (exact) mass is 429 g/mol. The average molecular weight is 427 g/mol. The molecule has 0 aromatic rings. The first-order valence-corrected chi connectivity index (χ1v) is 2.68. The van der Waals surface area contributed by atoms with Crippen molar-refractivity contribution >= 4 is 9.05 Å². The van der Waals surface area contributed by atoms with E-state index in [4.69, 9.17) is 19.2 Å². The summed E-state index contributed by atoms with van der Waals surface area (Å²) in [4.78, 5) is 29.3. The molecule has 0 heterocycles. The first-order chi connectivity index (χ1) is 2.00. The maximum Gasteiger partial charge on any atom is 0.668 e. The second-order valence-electron chi connectivity index (χ2n) is 0.600. The van der Waals surface area contributed by atoms with Gasteiger partial charge in [-0.3, -0.25) is 0 Å². The van der Waals surface area contributed by atoms with Gasteiger partial charge in [0.25, 0.3) is 0 Å². The normalized spacial score (nSPS) is 7.50. The van der Waals surface area contributed by atoms with Crippen LogP contribution >= 0.6 is 0 Å². The Hall–Kier alpha value is 2.02. The van der Waals surface area contributed by atoms with Crippen molar-refractivity contribution in [3.63, 3.8) is 0 Å². The molecule has 49 valence electrons. The van der Waals surface area contributed by atoms with Crippen LogP contribution in [-0.4, -0.2) is 28.2 Å². The summed E-state index contributed by atoms with van der Waals surface area (Å²) >= 11 is 0. The molecule has 4 nitrogen and oxygen atoms in total. The molecule has 0 spiro atoms. The summed E-state index contributed by atoms with van der Waals surface area (Å²) < 4.78 is 0. The Bertz CT molecular complexity index is 31.5. The topological polar surface area (TPSA) is 80.9 Å². The molecule has 0 unspecified atom stereocenters. The van der Waals surface area contributed by atoms with Crippen LogP contribution in [0.1, 0.15) is 0 Å². The molecule has 0 saturated carbocycles. The van der Waals surface area contributed by atoms with Gasteiger partial charge in [-0.05, 0) is 0 Å². The Labute approximate surface area is 88.2 Å². The molecule has 4 N–H and O–H groups in total. The van der Waals surface area contributed by atoms with Crippen LogP contribution in [0.3, 0.4) is 0 Å². The molecule has 1 radical (unpaired) electrons. The zero-order valence-corrected chi connectivity index (χ0v) is 10.9. The molecule has 0 fully saturated rings. The molecule has 0 rings (SSSR count).